The van der Waals surface area contributed by atoms with Crippen LogP contribution in [0.25, 0.3) is 22.6 Å². The summed E-state index contributed by atoms with van der Waals surface area (Å²) in [6.45, 7) is 14.3. The Kier molecular flexibility index (Phi) is 9.85. The molecule has 2 aromatic heterocycles. The monoisotopic (exact) mass is 633 g/mol. The quantitative estimate of drug-likeness (QED) is 0.335. The van der Waals surface area contributed by atoms with Gasteiger partial charge < -0.3 is 34.9 Å². The van der Waals surface area contributed by atoms with Crippen molar-refractivity contribution in [3.63, 3.8) is 0 Å². The third-order valence-corrected chi connectivity index (χ3v) is 7.99. The topological polar surface area (TPSA) is 142 Å². The van der Waals surface area contributed by atoms with Gasteiger partial charge in [-0.2, -0.15) is 0 Å². The van der Waals surface area contributed by atoms with Crippen molar-refractivity contribution in [3.8, 4) is 11.5 Å². The summed E-state index contributed by atoms with van der Waals surface area (Å²) in [6.07, 6.45) is 2.28. The summed E-state index contributed by atoms with van der Waals surface area (Å²) < 4.78 is 11.1. The maximum atomic E-state index is 13.4. The Morgan fingerprint density at radius 2 is 1.63 bits per heavy atom. The van der Waals surface area contributed by atoms with Gasteiger partial charge in [-0.25, -0.2) is 19.6 Å². The van der Waals surface area contributed by atoms with Crippen LogP contribution < -0.4 is 10.6 Å². The molecule has 5 rings (SSSR count). The standard InChI is InChI=1S/C34H47N7O5/c1-33(2,3)45-31(43)36-23-14-18-40(19-15-23)30(42)27-9-7-8-26(37-27)29-38-25-11-10-22(20-28(25)39-29)21-41(24-12-16-35-17-13-24)32(44)46-34(4,5)6/h7-11,20,23-24,35H,12-19,21H2,1-6H3,(H,36,43)(H,38,39). The fraction of sp³-hybridized carbons (Fsp3) is 0.559. The van der Waals surface area contributed by atoms with Gasteiger partial charge in [-0.1, -0.05) is 12.1 Å². The summed E-state index contributed by atoms with van der Waals surface area (Å²) in [5, 5.41) is 6.27. The number of nitrogens with one attached hydrogen (secondary N) is 3. The highest BCUT2D eigenvalue weighted by Crippen LogP contribution is 2.24. The summed E-state index contributed by atoms with van der Waals surface area (Å²) >= 11 is 0. The van der Waals surface area contributed by atoms with Gasteiger partial charge in [0.25, 0.3) is 5.91 Å². The first kappa shape index (κ1) is 33.2. The number of rotatable bonds is 6. The fourth-order valence-corrected chi connectivity index (χ4v) is 5.80. The van der Waals surface area contributed by atoms with Gasteiger partial charge in [0.05, 0.1) is 11.0 Å². The maximum Gasteiger partial charge on any atom is 0.410 e. The van der Waals surface area contributed by atoms with E-state index < -0.39 is 17.3 Å². The third kappa shape index (κ3) is 8.74. The smallest absolute Gasteiger partial charge is 0.410 e. The minimum atomic E-state index is -0.581. The van der Waals surface area contributed by atoms with Crippen LogP contribution in [0.2, 0.25) is 0 Å². The molecule has 2 aliphatic rings. The molecule has 3 N–H and O–H groups in total. The van der Waals surface area contributed by atoms with Crippen molar-refractivity contribution in [2.24, 2.45) is 0 Å². The molecule has 0 aliphatic carbocycles. The van der Waals surface area contributed by atoms with E-state index in [-0.39, 0.29) is 24.1 Å². The number of benzene rings is 1. The number of alkyl carbamates (subject to hydrolysis) is 1. The second-order valence-corrected chi connectivity index (χ2v) is 14.1. The summed E-state index contributed by atoms with van der Waals surface area (Å²) in [5.41, 5.74) is 2.32. The summed E-state index contributed by atoms with van der Waals surface area (Å²) in [5.74, 6) is 0.403. The largest absolute Gasteiger partial charge is 0.444 e. The Bertz CT molecular complexity index is 1540. The minimum Gasteiger partial charge on any atom is -0.444 e. The number of aromatic amines is 1. The van der Waals surface area contributed by atoms with Crippen LogP contribution in [0.5, 0.6) is 0 Å². The van der Waals surface area contributed by atoms with E-state index in [9.17, 15) is 14.4 Å². The van der Waals surface area contributed by atoms with Gasteiger partial charge in [0.1, 0.15) is 22.6 Å². The van der Waals surface area contributed by atoms with E-state index in [4.69, 9.17) is 14.5 Å². The molecule has 12 nitrogen and oxygen atoms in total. The minimum absolute atomic E-state index is 0.0467. The van der Waals surface area contributed by atoms with Crippen LogP contribution in [-0.4, -0.2) is 92.3 Å². The molecule has 12 heteroatoms. The number of hydrogen-bond acceptors (Lipinski definition) is 8. The van der Waals surface area contributed by atoms with Gasteiger partial charge in [-0.05, 0) is 110 Å². The molecule has 3 aromatic rings. The first-order chi connectivity index (χ1) is 21.7. The zero-order chi connectivity index (χ0) is 33.1. The van der Waals surface area contributed by atoms with Gasteiger partial charge in [-0.3, -0.25) is 4.79 Å². The molecule has 2 fully saturated rings. The molecule has 0 spiro atoms. The highest BCUT2D eigenvalue weighted by molar-refractivity contribution is 5.93. The Hall–Kier alpha value is -4.19. The Labute approximate surface area is 270 Å². The van der Waals surface area contributed by atoms with Crippen molar-refractivity contribution in [2.45, 2.75) is 97.1 Å². The van der Waals surface area contributed by atoms with Crippen molar-refractivity contribution in [1.82, 2.24) is 35.4 Å². The SMILES string of the molecule is CC(C)(C)OC(=O)NC1CCN(C(=O)c2cccc(-c3nc4ccc(CN(C(=O)OC(C)(C)C)C5CCNCC5)cc4[nH]3)n2)CC1. The van der Waals surface area contributed by atoms with Crippen molar-refractivity contribution >= 4 is 29.1 Å². The summed E-state index contributed by atoms with van der Waals surface area (Å²) in [4.78, 5) is 55.1. The number of likely N-dealkylation sites (tertiary alicyclic amines) is 1. The molecule has 0 bridgehead atoms. The molecular formula is C34H47N7O5. The average molecular weight is 634 g/mol. The molecule has 248 valence electrons. The number of ether oxygens (including phenoxy) is 2. The predicted octanol–water partition coefficient (Wildman–Crippen LogP) is 5.24. The second kappa shape index (κ2) is 13.7. The highest BCUT2D eigenvalue weighted by Gasteiger charge is 2.30. The van der Waals surface area contributed by atoms with Crippen molar-refractivity contribution in [3.05, 3.63) is 47.7 Å². The van der Waals surface area contributed by atoms with Crippen LogP contribution in [0, 0.1) is 0 Å². The number of amides is 3. The molecule has 0 unspecified atom stereocenters. The van der Waals surface area contributed by atoms with Crippen LogP contribution >= 0.6 is 0 Å². The first-order valence-electron chi connectivity index (χ1n) is 16.2. The zero-order valence-electron chi connectivity index (χ0n) is 27.8. The lowest BCUT2D eigenvalue weighted by atomic mass is 10.0. The van der Waals surface area contributed by atoms with Crippen molar-refractivity contribution < 1.29 is 23.9 Å². The third-order valence-electron chi connectivity index (χ3n) is 7.99. The van der Waals surface area contributed by atoms with Crippen LogP contribution in [0.15, 0.2) is 36.4 Å². The molecular weight excluding hydrogens is 586 g/mol. The highest BCUT2D eigenvalue weighted by atomic mass is 16.6. The predicted molar refractivity (Wildman–Crippen MR) is 175 cm³/mol. The number of pyridine rings is 1. The van der Waals surface area contributed by atoms with Gasteiger partial charge >= 0.3 is 12.2 Å². The molecule has 1 aromatic carbocycles. The van der Waals surface area contributed by atoms with Crippen LogP contribution in [0.3, 0.4) is 0 Å². The number of imidazole rings is 1. The summed E-state index contributed by atoms with van der Waals surface area (Å²) in [7, 11) is 0. The van der Waals surface area contributed by atoms with E-state index >= 15 is 0 Å². The van der Waals surface area contributed by atoms with Gasteiger partial charge in [0.15, 0.2) is 5.82 Å². The number of piperidine rings is 2. The number of carbonyl (C=O) groups is 3. The lowest BCUT2D eigenvalue weighted by Gasteiger charge is -2.36. The normalized spacial score (nSPS) is 16.7. The summed E-state index contributed by atoms with van der Waals surface area (Å²) in [6, 6.07) is 11.3. The van der Waals surface area contributed by atoms with E-state index in [0.717, 1.165) is 42.5 Å². The zero-order valence-corrected chi connectivity index (χ0v) is 27.8. The van der Waals surface area contributed by atoms with Crippen molar-refractivity contribution in [1.29, 1.82) is 0 Å². The molecule has 0 radical (unpaired) electrons. The lowest BCUT2D eigenvalue weighted by Crippen LogP contribution is -2.47. The van der Waals surface area contributed by atoms with E-state index in [0.29, 0.717) is 49.7 Å². The molecule has 4 heterocycles. The molecule has 46 heavy (non-hydrogen) atoms. The molecule has 2 aliphatic heterocycles. The second-order valence-electron chi connectivity index (χ2n) is 14.1. The van der Waals surface area contributed by atoms with Crippen LogP contribution in [0.1, 0.15) is 83.3 Å². The van der Waals surface area contributed by atoms with E-state index in [1.807, 2.05) is 76.8 Å². The molecule has 3 amide bonds. The fourth-order valence-electron chi connectivity index (χ4n) is 5.80. The van der Waals surface area contributed by atoms with Gasteiger partial charge in [-0.15, -0.1) is 0 Å². The lowest BCUT2D eigenvalue weighted by molar-refractivity contribution is 0.0106. The maximum absolute atomic E-state index is 13.4. The van der Waals surface area contributed by atoms with Gasteiger partial charge in [0.2, 0.25) is 0 Å². The number of carbonyl (C=O) groups excluding carboxylic acids is 3. The molecule has 0 atom stereocenters. The molecule has 2 saturated heterocycles. The first-order valence-corrected chi connectivity index (χ1v) is 16.2. The Morgan fingerprint density at radius 3 is 2.30 bits per heavy atom. The number of nitrogens with zero attached hydrogens (tertiary/aromatic N) is 4. The van der Waals surface area contributed by atoms with Crippen LogP contribution in [0.4, 0.5) is 9.59 Å². The average Bonchev–Trinajstić information content (AvgIpc) is 3.42. The number of H-pyrrole nitrogens is 1. The number of fused-ring (bicyclic) bond motifs is 1. The Balaban J connectivity index is 1.26. The number of hydrogen-bond donors (Lipinski definition) is 3. The van der Waals surface area contributed by atoms with Crippen molar-refractivity contribution in [2.75, 3.05) is 26.2 Å². The molecule has 0 saturated carbocycles. The van der Waals surface area contributed by atoms with E-state index in [1.165, 1.54) is 0 Å². The van der Waals surface area contributed by atoms with E-state index in [1.54, 1.807) is 11.0 Å². The van der Waals surface area contributed by atoms with Gasteiger partial charge in [0, 0.05) is 31.7 Å². The Morgan fingerprint density at radius 1 is 0.935 bits per heavy atom. The van der Waals surface area contributed by atoms with E-state index in [2.05, 4.69) is 20.6 Å². The number of aromatic nitrogens is 3. The van der Waals surface area contributed by atoms with Crippen LogP contribution in [-0.2, 0) is 16.0 Å².